The van der Waals surface area contributed by atoms with Crippen molar-refractivity contribution in [3.8, 4) is 11.3 Å². The van der Waals surface area contributed by atoms with E-state index in [2.05, 4.69) is 15.4 Å². The van der Waals surface area contributed by atoms with E-state index in [0.29, 0.717) is 40.5 Å². The second-order valence-electron chi connectivity index (χ2n) is 8.41. The Bertz CT molecular complexity index is 1530. The van der Waals surface area contributed by atoms with Crippen molar-refractivity contribution in [2.45, 2.75) is 6.42 Å². The monoisotopic (exact) mass is 479 g/mol. The van der Waals surface area contributed by atoms with E-state index in [9.17, 15) is 4.79 Å². The van der Waals surface area contributed by atoms with Crippen molar-refractivity contribution in [3.05, 3.63) is 89.6 Å². The predicted octanol–water partition coefficient (Wildman–Crippen LogP) is 4.57. The molecule has 0 saturated heterocycles. The third kappa shape index (κ3) is 4.72. The molecule has 1 N–H and O–H groups in total. The number of hydrogen-bond acceptors (Lipinski definition) is 4. The van der Waals surface area contributed by atoms with Gasteiger partial charge in [0.05, 0.1) is 5.69 Å². The van der Waals surface area contributed by atoms with Gasteiger partial charge in [0.15, 0.2) is 5.65 Å². The van der Waals surface area contributed by atoms with Gasteiger partial charge in [-0.05, 0) is 40.9 Å². The van der Waals surface area contributed by atoms with Gasteiger partial charge in [0.25, 0.3) is 5.91 Å². The molecule has 2 heterocycles. The number of aromatic nitrogens is 3. The lowest BCUT2D eigenvalue weighted by Crippen LogP contribution is -2.29. The zero-order chi connectivity index (χ0) is 24.4. The van der Waals surface area contributed by atoms with Crippen LogP contribution in [0.25, 0.3) is 27.7 Å². The van der Waals surface area contributed by atoms with Crippen molar-refractivity contribution in [2.24, 2.45) is 0 Å². The first-order valence-electron chi connectivity index (χ1n) is 11.4. The van der Waals surface area contributed by atoms with E-state index in [0.717, 1.165) is 28.6 Å². The van der Waals surface area contributed by atoms with Gasteiger partial charge in [-0.2, -0.15) is 9.61 Å². The fraction of sp³-hybridized carbons (Fsp3) is 0.148. The van der Waals surface area contributed by atoms with E-state index in [1.807, 2.05) is 79.8 Å². The van der Waals surface area contributed by atoms with Crippen molar-refractivity contribution < 1.29 is 4.79 Å². The average Bonchev–Trinajstić information content (AvgIpc) is 3.26. The smallest absolute Gasteiger partial charge is 0.253 e. The Kier molecular flexibility index (Phi) is 6.42. The van der Waals surface area contributed by atoms with Gasteiger partial charge in [-0.15, -0.1) is 0 Å². The number of amides is 1. The van der Waals surface area contributed by atoms with Crippen LogP contribution in [0.1, 0.15) is 16.8 Å². The number of halogens is 1. The molecule has 5 rings (SSSR count). The second-order valence-corrected chi connectivity index (χ2v) is 8.82. The van der Waals surface area contributed by atoms with Gasteiger partial charge in [0.2, 0.25) is 0 Å². The maximum Gasteiger partial charge on any atom is 0.253 e. The number of anilines is 1. The van der Waals surface area contributed by atoms with E-state index in [4.69, 9.17) is 19.4 Å². The van der Waals surface area contributed by atoms with Crippen LogP contribution in [0.2, 0.25) is 5.02 Å². The largest absolute Gasteiger partial charge is 0.370 e. The van der Waals surface area contributed by atoms with Crippen molar-refractivity contribution in [2.75, 3.05) is 25.5 Å². The van der Waals surface area contributed by atoms with Gasteiger partial charge in [0.1, 0.15) is 13.7 Å². The summed E-state index contributed by atoms with van der Waals surface area (Å²) in [5, 5.41) is 10.6. The minimum atomic E-state index is 0.00269. The van der Waals surface area contributed by atoms with Crippen LogP contribution < -0.4 is 10.8 Å². The Morgan fingerprint density at radius 2 is 1.83 bits per heavy atom. The Hall–Kier alpha value is -3.84. The van der Waals surface area contributed by atoms with Gasteiger partial charge in [-0.1, -0.05) is 60.1 Å². The summed E-state index contributed by atoms with van der Waals surface area (Å²) in [4.78, 5) is 19.3. The number of carbonyl (C=O) groups excluding carboxylic acids is 1. The average molecular weight is 480 g/mol. The summed E-state index contributed by atoms with van der Waals surface area (Å²) in [5.41, 5.74) is 3.27. The lowest BCUT2D eigenvalue weighted by atomic mass is 10.0. The van der Waals surface area contributed by atoms with Crippen LogP contribution >= 0.6 is 11.6 Å². The Morgan fingerprint density at radius 1 is 1.06 bits per heavy atom. The summed E-state index contributed by atoms with van der Waals surface area (Å²) in [6, 6.07) is 23.3. The van der Waals surface area contributed by atoms with E-state index in [1.54, 1.807) is 15.6 Å². The number of nitrogens with one attached hydrogen (secondary N) is 1. The summed E-state index contributed by atoms with van der Waals surface area (Å²) in [5.74, 6) is 0.757. The second kappa shape index (κ2) is 9.80. The summed E-state index contributed by atoms with van der Waals surface area (Å²) in [6.45, 7) is 1.24. The fourth-order valence-corrected chi connectivity index (χ4v) is 4.32. The van der Waals surface area contributed by atoms with Crippen molar-refractivity contribution in [1.29, 1.82) is 0 Å². The Balaban J connectivity index is 1.27. The summed E-state index contributed by atoms with van der Waals surface area (Å²) in [7, 11) is 7.92. The SMILES string of the molecule is [B]c1cnn2c(NCCCN(C)C(=O)c3ccc4ccccc4c3)cc(-c3ccccc3Cl)nc12. The molecule has 35 heavy (non-hydrogen) atoms. The van der Waals surface area contributed by atoms with Crippen molar-refractivity contribution in [1.82, 2.24) is 19.5 Å². The van der Waals surface area contributed by atoms with E-state index >= 15 is 0 Å². The minimum absolute atomic E-state index is 0.00269. The molecule has 0 aliphatic rings. The van der Waals surface area contributed by atoms with Gasteiger partial charge < -0.3 is 10.2 Å². The molecule has 0 unspecified atom stereocenters. The van der Waals surface area contributed by atoms with Crippen LogP contribution in [0.4, 0.5) is 5.82 Å². The third-order valence-electron chi connectivity index (χ3n) is 5.97. The van der Waals surface area contributed by atoms with Gasteiger partial charge >= 0.3 is 0 Å². The van der Waals surface area contributed by atoms with E-state index < -0.39 is 0 Å². The molecule has 3 aromatic carbocycles. The molecule has 0 saturated carbocycles. The molecular weight excluding hydrogens is 457 g/mol. The summed E-state index contributed by atoms with van der Waals surface area (Å²) in [6.07, 6.45) is 2.33. The number of rotatable bonds is 7. The van der Waals surface area contributed by atoms with Gasteiger partial charge in [-0.3, -0.25) is 4.79 Å². The van der Waals surface area contributed by atoms with Crippen molar-refractivity contribution in [3.63, 3.8) is 0 Å². The highest BCUT2D eigenvalue weighted by Gasteiger charge is 2.14. The molecule has 2 aromatic heterocycles. The van der Waals surface area contributed by atoms with Gasteiger partial charge in [0, 0.05) is 48.5 Å². The summed E-state index contributed by atoms with van der Waals surface area (Å²) >= 11 is 6.40. The number of nitrogens with zero attached hydrogens (tertiary/aromatic N) is 4. The maximum absolute atomic E-state index is 12.9. The van der Waals surface area contributed by atoms with Crippen LogP contribution in [0, 0.1) is 0 Å². The number of hydrogen-bond donors (Lipinski definition) is 1. The highest BCUT2D eigenvalue weighted by atomic mass is 35.5. The standard InChI is InChI=1S/C27H23BClN5O/c1-33(27(35)20-12-11-18-7-2-3-8-19(18)15-20)14-6-13-30-25-16-24(21-9-4-5-10-23(21)29)32-26-22(28)17-31-34(25)26/h2-5,7-12,15-17,30H,6,13-14H2,1H3. The first-order chi connectivity index (χ1) is 17.0. The normalized spacial score (nSPS) is 11.1. The van der Waals surface area contributed by atoms with Gasteiger partial charge in [-0.25, -0.2) is 4.98 Å². The van der Waals surface area contributed by atoms with Crippen LogP contribution in [-0.4, -0.2) is 53.4 Å². The Labute approximate surface area is 210 Å². The molecule has 8 heteroatoms. The maximum atomic E-state index is 12.9. The van der Waals surface area contributed by atoms with Crippen molar-refractivity contribution >= 4 is 53.1 Å². The van der Waals surface area contributed by atoms with E-state index in [1.165, 1.54) is 0 Å². The summed E-state index contributed by atoms with van der Waals surface area (Å²) < 4.78 is 1.68. The highest BCUT2D eigenvalue weighted by Crippen LogP contribution is 2.28. The molecule has 0 atom stereocenters. The highest BCUT2D eigenvalue weighted by molar-refractivity contribution is 6.36. The van der Waals surface area contributed by atoms with Crippen LogP contribution in [0.5, 0.6) is 0 Å². The zero-order valence-electron chi connectivity index (χ0n) is 19.3. The fourth-order valence-electron chi connectivity index (χ4n) is 4.09. The number of carbonyl (C=O) groups is 1. The molecule has 0 fully saturated rings. The molecule has 172 valence electrons. The lowest BCUT2D eigenvalue weighted by molar-refractivity contribution is 0.0795. The van der Waals surface area contributed by atoms with E-state index in [-0.39, 0.29) is 5.91 Å². The molecule has 1 amide bonds. The molecule has 0 aliphatic heterocycles. The number of fused-ring (bicyclic) bond motifs is 2. The topological polar surface area (TPSA) is 62.5 Å². The molecule has 6 nitrogen and oxygen atoms in total. The number of benzene rings is 3. The molecule has 5 aromatic rings. The predicted molar refractivity (Wildman–Crippen MR) is 143 cm³/mol. The van der Waals surface area contributed by atoms with Crippen LogP contribution in [0.3, 0.4) is 0 Å². The molecule has 0 aliphatic carbocycles. The first-order valence-corrected chi connectivity index (χ1v) is 11.8. The third-order valence-corrected chi connectivity index (χ3v) is 6.30. The zero-order valence-corrected chi connectivity index (χ0v) is 20.0. The Morgan fingerprint density at radius 3 is 2.66 bits per heavy atom. The van der Waals surface area contributed by atoms with Crippen LogP contribution in [-0.2, 0) is 0 Å². The molecule has 0 bridgehead atoms. The quantitative estimate of drug-likeness (QED) is 0.274. The molecule has 0 spiro atoms. The minimum Gasteiger partial charge on any atom is -0.370 e. The first kappa shape index (κ1) is 22.9. The van der Waals surface area contributed by atoms with Crippen LogP contribution in [0.15, 0.2) is 79.0 Å². The lowest BCUT2D eigenvalue weighted by Gasteiger charge is -2.18. The molecule has 2 radical (unpaired) electrons. The molecular formula is C27H23BClN5O.